The second kappa shape index (κ2) is 4.42. The Hall–Kier alpha value is -1.09. The van der Waals surface area contributed by atoms with Crippen molar-refractivity contribution in [2.45, 2.75) is 38.1 Å². The van der Waals surface area contributed by atoms with Crippen molar-refractivity contribution in [2.75, 3.05) is 18.5 Å². The van der Waals surface area contributed by atoms with E-state index in [4.69, 9.17) is 4.74 Å². The van der Waals surface area contributed by atoms with Gasteiger partial charge in [-0.05, 0) is 43.7 Å². The minimum atomic E-state index is 0.468. The van der Waals surface area contributed by atoms with Crippen LogP contribution in [0.25, 0.3) is 0 Å². The van der Waals surface area contributed by atoms with Gasteiger partial charge in [0, 0.05) is 18.3 Å². The summed E-state index contributed by atoms with van der Waals surface area (Å²) in [4.78, 5) is 4.52. The van der Waals surface area contributed by atoms with Crippen LogP contribution in [0.15, 0.2) is 12.3 Å². The lowest BCUT2D eigenvalue weighted by Gasteiger charge is -2.24. The van der Waals surface area contributed by atoms with E-state index in [0.717, 1.165) is 31.7 Å². The maximum atomic E-state index is 5.46. The van der Waals surface area contributed by atoms with Gasteiger partial charge in [0.25, 0.3) is 0 Å². The minimum absolute atomic E-state index is 0.468. The van der Waals surface area contributed by atoms with Gasteiger partial charge in [-0.15, -0.1) is 0 Å². The molecule has 0 amide bonds. The fourth-order valence-corrected chi connectivity index (χ4v) is 2.60. The number of nitrogens with one attached hydrogen (secondary N) is 1. The zero-order chi connectivity index (χ0) is 10.8. The van der Waals surface area contributed by atoms with Crippen molar-refractivity contribution in [3.05, 3.63) is 23.5 Å². The van der Waals surface area contributed by atoms with Crippen LogP contribution in [0.2, 0.25) is 0 Å². The first kappa shape index (κ1) is 10.1. The Kier molecular flexibility index (Phi) is 2.79. The highest BCUT2D eigenvalue weighted by molar-refractivity contribution is 5.46. The molecule has 86 valence electrons. The number of nitrogens with zero attached hydrogens (tertiary/aromatic N) is 1. The van der Waals surface area contributed by atoms with Crippen molar-refractivity contribution in [3.8, 4) is 0 Å². The lowest BCUT2D eigenvalue weighted by molar-refractivity contribution is 0.0876. The van der Waals surface area contributed by atoms with E-state index in [1.165, 1.54) is 30.5 Å². The average molecular weight is 218 g/mol. The molecule has 3 nitrogen and oxygen atoms in total. The summed E-state index contributed by atoms with van der Waals surface area (Å²) < 4.78 is 5.46. The zero-order valence-corrected chi connectivity index (χ0v) is 9.54. The van der Waals surface area contributed by atoms with Crippen LogP contribution >= 0.6 is 0 Å². The quantitative estimate of drug-likeness (QED) is 0.826. The second-order valence-corrected chi connectivity index (χ2v) is 4.74. The number of ether oxygens (including phenoxy) is 1. The molecule has 1 fully saturated rings. The van der Waals surface area contributed by atoms with Crippen LogP contribution in [0.1, 0.15) is 30.5 Å². The van der Waals surface area contributed by atoms with Crippen molar-refractivity contribution >= 4 is 5.69 Å². The fourth-order valence-electron chi connectivity index (χ4n) is 2.60. The molecule has 1 aliphatic heterocycles. The molecule has 16 heavy (non-hydrogen) atoms. The van der Waals surface area contributed by atoms with Crippen molar-refractivity contribution in [2.24, 2.45) is 0 Å². The maximum absolute atomic E-state index is 5.46. The monoisotopic (exact) mass is 218 g/mol. The number of aromatic nitrogens is 1. The van der Waals surface area contributed by atoms with Crippen LogP contribution in [0, 0.1) is 0 Å². The van der Waals surface area contributed by atoms with Crippen molar-refractivity contribution in [1.29, 1.82) is 0 Å². The molecule has 2 heterocycles. The van der Waals surface area contributed by atoms with Crippen LogP contribution in [0.3, 0.4) is 0 Å². The molecule has 3 heteroatoms. The molecule has 0 radical (unpaired) electrons. The van der Waals surface area contributed by atoms with E-state index in [2.05, 4.69) is 16.4 Å². The number of fused-ring (bicyclic) bond motifs is 1. The van der Waals surface area contributed by atoms with Crippen LogP contribution < -0.4 is 5.32 Å². The SMILES string of the molecule is c1nc2c(cc1NC1CCCOC1)CCC2. The van der Waals surface area contributed by atoms with Crippen LogP contribution in [0.5, 0.6) is 0 Å². The van der Waals surface area contributed by atoms with Gasteiger partial charge in [0.15, 0.2) is 0 Å². The lowest BCUT2D eigenvalue weighted by Crippen LogP contribution is -2.30. The van der Waals surface area contributed by atoms with Gasteiger partial charge in [-0.25, -0.2) is 0 Å². The Morgan fingerprint density at radius 1 is 1.31 bits per heavy atom. The number of pyridine rings is 1. The number of anilines is 1. The molecule has 1 aliphatic carbocycles. The highest BCUT2D eigenvalue weighted by atomic mass is 16.5. The molecule has 1 atom stereocenters. The van der Waals surface area contributed by atoms with Gasteiger partial charge in [-0.1, -0.05) is 0 Å². The molecular formula is C13H18N2O. The Morgan fingerprint density at radius 2 is 2.31 bits per heavy atom. The first-order chi connectivity index (χ1) is 7.92. The fraction of sp³-hybridized carbons (Fsp3) is 0.615. The molecule has 1 aromatic rings. The van der Waals surface area contributed by atoms with Gasteiger partial charge in [-0.2, -0.15) is 0 Å². The smallest absolute Gasteiger partial charge is 0.0667 e. The van der Waals surface area contributed by atoms with Crippen LogP contribution in [-0.2, 0) is 17.6 Å². The van der Waals surface area contributed by atoms with Gasteiger partial charge in [0.2, 0.25) is 0 Å². The standard InChI is InChI=1S/C13H18N2O/c1-3-10-7-12(8-14-13(10)5-1)15-11-4-2-6-16-9-11/h7-8,11,15H,1-6,9H2. The third-order valence-corrected chi connectivity index (χ3v) is 3.45. The minimum Gasteiger partial charge on any atom is -0.379 e. The predicted octanol–water partition coefficient (Wildman–Crippen LogP) is 2.16. The van der Waals surface area contributed by atoms with E-state index in [1.807, 2.05) is 6.20 Å². The van der Waals surface area contributed by atoms with E-state index in [-0.39, 0.29) is 0 Å². The Labute approximate surface area is 96.2 Å². The third kappa shape index (κ3) is 2.05. The van der Waals surface area contributed by atoms with Crippen molar-refractivity contribution in [1.82, 2.24) is 4.98 Å². The summed E-state index contributed by atoms with van der Waals surface area (Å²) in [6.07, 6.45) is 7.95. The normalized spacial score (nSPS) is 24.1. The van der Waals surface area contributed by atoms with E-state index in [1.54, 1.807) is 0 Å². The summed E-state index contributed by atoms with van der Waals surface area (Å²) >= 11 is 0. The highest BCUT2D eigenvalue weighted by Gasteiger charge is 2.16. The van der Waals surface area contributed by atoms with Crippen LogP contribution in [0.4, 0.5) is 5.69 Å². The topological polar surface area (TPSA) is 34.2 Å². The molecule has 0 bridgehead atoms. The number of aryl methyl sites for hydroxylation is 2. The molecule has 2 aliphatic rings. The molecule has 0 aromatic carbocycles. The summed E-state index contributed by atoms with van der Waals surface area (Å²) in [5, 5.41) is 3.52. The number of hydrogen-bond acceptors (Lipinski definition) is 3. The highest BCUT2D eigenvalue weighted by Crippen LogP contribution is 2.23. The van der Waals surface area contributed by atoms with Gasteiger partial charge < -0.3 is 10.1 Å². The number of rotatable bonds is 2. The van der Waals surface area contributed by atoms with E-state index >= 15 is 0 Å². The molecule has 0 saturated carbocycles. The summed E-state index contributed by atoms with van der Waals surface area (Å²) in [6.45, 7) is 1.75. The lowest BCUT2D eigenvalue weighted by atomic mass is 10.1. The van der Waals surface area contributed by atoms with Crippen molar-refractivity contribution in [3.63, 3.8) is 0 Å². The first-order valence-corrected chi connectivity index (χ1v) is 6.24. The Morgan fingerprint density at radius 3 is 3.19 bits per heavy atom. The molecule has 1 aromatic heterocycles. The Bertz CT molecular complexity index is 372. The number of hydrogen-bond donors (Lipinski definition) is 1. The zero-order valence-electron chi connectivity index (χ0n) is 9.54. The first-order valence-electron chi connectivity index (χ1n) is 6.24. The van der Waals surface area contributed by atoms with E-state index in [0.29, 0.717) is 6.04 Å². The van der Waals surface area contributed by atoms with E-state index < -0.39 is 0 Å². The van der Waals surface area contributed by atoms with E-state index in [9.17, 15) is 0 Å². The molecular weight excluding hydrogens is 200 g/mol. The summed E-state index contributed by atoms with van der Waals surface area (Å²) in [6, 6.07) is 2.74. The van der Waals surface area contributed by atoms with Gasteiger partial charge >= 0.3 is 0 Å². The average Bonchev–Trinajstić information content (AvgIpc) is 2.77. The molecule has 3 rings (SSSR count). The molecule has 1 N–H and O–H groups in total. The Balaban J connectivity index is 1.69. The molecule has 1 unspecified atom stereocenters. The summed E-state index contributed by atoms with van der Waals surface area (Å²) in [7, 11) is 0. The van der Waals surface area contributed by atoms with Crippen molar-refractivity contribution < 1.29 is 4.74 Å². The second-order valence-electron chi connectivity index (χ2n) is 4.74. The van der Waals surface area contributed by atoms with Crippen LogP contribution in [-0.4, -0.2) is 24.2 Å². The largest absolute Gasteiger partial charge is 0.379 e. The van der Waals surface area contributed by atoms with Gasteiger partial charge in [-0.3, -0.25) is 4.98 Å². The summed E-state index contributed by atoms with van der Waals surface area (Å²) in [5.41, 5.74) is 3.89. The van der Waals surface area contributed by atoms with Gasteiger partial charge in [0.1, 0.15) is 0 Å². The maximum Gasteiger partial charge on any atom is 0.0667 e. The third-order valence-electron chi connectivity index (χ3n) is 3.45. The molecule has 0 spiro atoms. The summed E-state index contributed by atoms with van der Waals surface area (Å²) in [5.74, 6) is 0. The molecule has 1 saturated heterocycles. The van der Waals surface area contributed by atoms with Gasteiger partial charge in [0.05, 0.1) is 18.5 Å². The predicted molar refractivity (Wildman–Crippen MR) is 63.7 cm³/mol.